The van der Waals surface area contributed by atoms with Crippen LogP contribution in [-0.2, 0) is 12.4 Å². The van der Waals surface area contributed by atoms with E-state index in [0.29, 0.717) is 5.56 Å². The Morgan fingerprint density at radius 3 is 2.00 bits per heavy atom. The fraction of sp³-hybridized carbons (Fsp3) is 0.143. The highest BCUT2D eigenvalue weighted by molar-refractivity contribution is 5.92. The Balaban J connectivity index is 1.92. The maximum absolute atomic E-state index is 13.8. The number of nitrogen functional groups attached to an aromatic ring is 1. The third-order valence-electron chi connectivity index (χ3n) is 4.77. The zero-order valence-electron chi connectivity index (χ0n) is 15.9. The normalized spacial score (nSPS) is 12.5. The molecule has 0 spiro atoms. The van der Waals surface area contributed by atoms with Gasteiger partial charge in [0.05, 0.1) is 27.9 Å². The first-order valence-corrected chi connectivity index (χ1v) is 8.96. The van der Waals surface area contributed by atoms with Gasteiger partial charge >= 0.3 is 12.4 Å². The molecule has 31 heavy (non-hydrogen) atoms. The van der Waals surface area contributed by atoms with Crippen LogP contribution in [0.1, 0.15) is 16.7 Å². The minimum Gasteiger partial charge on any atom is -0.383 e. The lowest BCUT2D eigenvalue weighted by atomic mass is 10.0. The van der Waals surface area contributed by atoms with E-state index in [9.17, 15) is 26.3 Å². The number of fused-ring (bicyclic) bond motifs is 1. The van der Waals surface area contributed by atoms with Gasteiger partial charge in [0.1, 0.15) is 5.82 Å². The third-order valence-corrected chi connectivity index (χ3v) is 4.77. The summed E-state index contributed by atoms with van der Waals surface area (Å²) >= 11 is 0. The largest absolute Gasteiger partial charge is 0.417 e. The van der Waals surface area contributed by atoms with Crippen molar-refractivity contribution in [1.29, 1.82) is 0 Å². The highest BCUT2D eigenvalue weighted by Gasteiger charge is 2.36. The molecule has 0 aliphatic rings. The maximum Gasteiger partial charge on any atom is 0.417 e. The molecule has 4 aromatic rings. The third kappa shape index (κ3) is 3.80. The molecule has 0 atom stereocenters. The second kappa shape index (κ2) is 7.00. The van der Waals surface area contributed by atoms with Gasteiger partial charge in [-0.05, 0) is 37.3 Å². The van der Waals surface area contributed by atoms with Crippen LogP contribution in [-0.4, -0.2) is 14.8 Å². The number of anilines is 1. The zero-order valence-corrected chi connectivity index (χ0v) is 15.9. The Labute approximate surface area is 171 Å². The van der Waals surface area contributed by atoms with Crippen molar-refractivity contribution >= 4 is 16.9 Å². The molecule has 2 N–H and O–H groups in total. The number of hydrogen-bond donors (Lipinski definition) is 1. The molecule has 4 rings (SSSR count). The number of nitrogens with two attached hydrogens (primary N) is 1. The molecule has 2 aromatic carbocycles. The van der Waals surface area contributed by atoms with Crippen LogP contribution in [0, 0.1) is 6.92 Å². The van der Waals surface area contributed by atoms with Crippen molar-refractivity contribution < 1.29 is 26.3 Å². The van der Waals surface area contributed by atoms with E-state index >= 15 is 0 Å². The molecular formula is C21H14F6N4. The number of rotatable bonds is 2. The van der Waals surface area contributed by atoms with E-state index in [2.05, 4.69) is 10.1 Å². The molecule has 2 heterocycles. The number of halogens is 6. The molecule has 4 nitrogen and oxygen atoms in total. The van der Waals surface area contributed by atoms with Crippen LogP contribution in [0.2, 0.25) is 0 Å². The van der Waals surface area contributed by atoms with Crippen LogP contribution in [0.4, 0.5) is 32.2 Å². The van der Waals surface area contributed by atoms with Gasteiger partial charge in [0.15, 0.2) is 5.65 Å². The molecule has 2 aromatic heterocycles. The van der Waals surface area contributed by atoms with E-state index in [1.54, 1.807) is 24.3 Å². The first-order valence-electron chi connectivity index (χ1n) is 8.96. The first kappa shape index (κ1) is 20.7. The molecule has 0 bridgehead atoms. The van der Waals surface area contributed by atoms with Gasteiger partial charge in [-0.3, -0.25) is 0 Å². The highest BCUT2D eigenvalue weighted by Crippen LogP contribution is 2.40. The molecule has 0 aliphatic carbocycles. The van der Waals surface area contributed by atoms with Gasteiger partial charge in [-0.15, -0.1) is 5.10 Å². The topological polar surface area (TPSA) is 56.7 Å². The Kier molecular flexibility index (Phi) is 4.68. The second-order valence-electron chi connectivity index (χ2n) is 6.96. The van der Waals surface area contributed by atoms with Crippen LogP contribution >= 0.6 is 0 Å². The average Bonchev–Trinajstić information content (AvgIpc) is 3.03. The van der Waals surface area contributed by atoms with Crippen molar-refractivity contribution in [2.75, 3.05) is 5.73 Å². The summed E-state index contributed by atoms with van der Waals surface area (Å²) in [4.78, 5) is 4.22. The molecule has 0 aliphatic heterocycles. The van der Waals surface area contributed by atoms with Crippen molar-refractivity contribution in [3.05, 3.63) is 71.3 Å². The predicted octanol–water partition coefficient (Wildman–Crippen LogP) is 6.02. The van der Waals surface area contributed by atoms with Crippen LogP contribution in [0.5, 0.6) is 0 Å². The molecule has 0 amide bonds. The summed E-state index contributed by atoms with van der Waals surface area (Å²) in [5, 5.41) is 3.64. The van der Waals surface area contributed by atoms with E-state index in [4.69, 9.17) is 5.73 Å². The fourth-order valence-electron chi connectivity index (χ4n) is 3.20. The number of aromatic nitrogens is 3. The molecule has 160 valence electrons. The lowest BCUT2D eigenvalue weighted by Gasteiger charge is -2.11. The monoisotopic (exact) mass is 436 g/mol. The Bertz CT molecular complexity index is 1250. The SMILES string of the molecule is Cc1ccc(-c2cc(C(F)(F)F)c3c(N)n(-c4ccc(C(F)(F)F)cc4)nc3n2)cc1. The van der Waals surface area contributed by atoms with E-state index in [1.807, 2.05) is 6.92 Å². The van der Waals surface area contributed by atoms with E-state index in [1.165, 1.54) is 0 Å². The Hall–Kier alpha value is -3.56. The van der Waals surface area contributed by atoms with Gasteiger partial charge in [-0.25, -0.2) is 9.67 Å². The van der Waals surface area contributed by atoms with Crippen LogP contribution in [0.3, 0.4) is 0 Å². The molecule has 0 saturated carbocycles. The first-order chi connectivity index (χ1) is 14.4. The summed E-state index contributed by atoms with van der Waals surface area (Å²) in [7, 11) is 0. The quantitative estimate of drug-likeness (QED) is 0.391. The number of alkyl halides is 6. The summed E-state index contributed by atoms with van der Waals surface area (Å²) in [6, 6.07) is 11.4. The van der Waals surface area contributed by atoms with Crippen molar-refractivity contribution in [1.82, 2.24) is 14.8 Å². The van der Waals surface area contributed by atoms with Gasteiger partial charge < -0.3 is 5.73 Å². The number of hydrogen-bond acceptors (Lipinski definition) is 3. The molecule has 0 saturated heterocycles. The summed E-state index contributed by atoms with van der Waals surface area (Å²) in [6.07, 6.45) is -9.30. The summed E-state index contributed by atoms with van der Waals surface area (Å²) < 4.78 is 80.8. The average molecular weight is 436 g/mol. The highest BCUT2D eigenvalue weighted by atomic mass is 19.4. The van der Waals surface area contributed by atoms with Crippen LogP contribution < -0.4 is 5.73 Å². The summed E-state index contributed by atoms with van der Waals surface area (Å²) in [6.45, 7) is 1.84. The van der Waals surface area contributed by atoms with Gasteiger partial charge in [0.2, 0.25) is 0 Å². The van der Waals surface area contributed by atoms with E-state index in [-0.39, 0.29) is 22.8 Å². The Morgan fingerprint density at radius 2 is 1.45 bits per heavy atom. The van der Waals surface area contributed by atoms with E-state index < -0.39 is 28.9 Å². The lowest BCUT2D eigenvalue weighted by molar-refractivity contribution is -0.138. The van der Waals surface area contributed by atoms with Crippen LogP contribution in [0.25, 0.3) is 28.0 Å². The van der Waals surface area contributed by atoms with Crippen molar-refractivity contribution in [3.8, 4) is 16.9 Å². The van der Waals surface area contributed by atoms with Crippen molar-refractivity contribution in [2.45, 2.75) is 19.3 Å². The minimum absolute atomic E-state index is 0.0527. The molecule has 0 radical (unpaired) electrons. The smallest absolute Gasteiger partial charge is 0.383 e. The van der Waals surface area contributed by atoms with Crippen molar-refractivity contribution in [2.24, 2.45) is 0 Å². The lowest BCUT2D eigenvalue weighted by Crippen LogP contribution is -2.08. The number of nitrogens with zero attached hydrogens (tertiary/aromatic N) is 3. The van der Waals surface area contributed by atoms with Gasteiger partial charge in [-0.1, -0.05) is 29.8 Å². The fourth-order valence-corrected chi connectivity index (χ4v) is 3.20. The van der Waals surface area contributed by atoms with Gasteiger partial charge in [0, 0.05) is 5.56 Å². The maximum atomic E-state index is 13.8. The molecule has 0 unspecified atom stereocenters. The zero-order chi connectivity index (χ0) is 22.6. The molecular weight excluding hydrogens is 422 g/mol. The summed E-state index contributed by atoms with van der Waals surface area (Å²) in [5.74, 6) is -0.370. The van der Waals surface area contributed by atoms with Crippen LogP contribution in [0.15, 0.2) is 54.6 Å². The number of pyridine rings is 1. The number of aryl methyl sites for hydroxylation is 1. The molecule has 0 fully saturated rings. The summed E-state index contributed by atoms with van der Waals surface area (Å²) in [5.41, 5.74) is 5.27. The predicted molar refractivity (Wildman–Crippen MR) is 103 cm³/mol. The van der Waals surface area contributed by atoms with Crippen molar-refractivity contribution in [3.63, 3.8) is 0 Å². The van der Waals surface area contributed by atoms with Gasteiger partial charge in [-0.2, -0.15) is 26.3 Å². The standard InChI is InChI=1S/C21H14F6N4/c1-11-2-4-12(5-3-11)16-10-15(21(25,26)27)17-18(28)31(30-19(17)29-16)14-8-6-13(7-9-14)20(22,23)24/h2-10H,28H2,1H3. The number of benzene rings is 2. The Morgan fingerprint density at radius 1 is 0.839 bits per heavy atom. The minimum atomic E-state index is -4.75. The van der Waals surface area contributed by atoms with Gasteiger partial charge in [0.25, 0.3) is 0 Å². The van der Waals surface area contributed by atoms with E-state index in [0.717, 1.165) is 40.6 Å². The molecule has 10 heteroatoms. The second-order valence-corrected chi connectivity index (χ2v) is 6.96.